The van der Waals surface area contributed by atoms with Gasteiger partial charge in [-0.3, -0.25) is 0 Å². The lowest BCUT2D eigenvalue weighted by molar-refractivity contribution is 0.848. The fourth-order valence-electron chi connectivity index (χ4n) is 1.66. The van der Waals surface area contributed by atoms with Crippen LogP contribution in [0.1, 0.15) is 25.3 Å². The molecule has 2 nitrogen and oxygen atoms in total. The quantitative estimate of drug-likeness (QED) is 0.544. The standard InChI is InChI=1S/C13H10Br2Cl2N2/c1-6(2)10-11(16)18-13(19-12(10)17)7-3-4-8(14)9(15)5-7/h3-6H,1-2H3. The second kappa shape index (κ2) is 6.08. The van der Waals surface area contributed by atoms with Crippen LogP contribution in [0.3, 0.4) is 0 Å². The maximum atomic E-state index is 6.19. The van der Waals surface area contributed by atoms with Gasteiger partial charge in [0.25, 0.3) is 0 Å². The summed E-state index contributed by atoms with van der Waals surface area (Å²) in [6.45, 7) is 4.01. The number of benzene rings is 1. The van der Waals surface area contributed by atoms with Crippen LogP contribution in [-0.2, 0) is 0 Å². The third kappa shape index (κ3) is 3.30. The third-order valence-corrected chi connectivity index (χ3v) is 5.06. The van der Waals surface area contributed by atoms with E-state index in [0.29, 0.717) is 16.1 Å². The van der Waals surface area contributed by atoms with Crippen LogP contribution in [0, 0.1) is 0 Å². The van der Waals surface area contributed by atoms with Crippen LogP contribution in [-0.4, -0.2) is 9.97 Å². The molecule has 2 rings (SSSR count). The predicted molar refractivity (Wildman–Crippen MR) is 87.0 cm³/mol. The van der Waals surface area contributed by atoms with Crippen molar-refractivity contribution in [2.75, 3.05) is 0 Å². The second-order valence-corrected chi connectivity index (χ2v) is 6.75. The lowest BCUT2D eigenvalue weighted by atomic mass is 10.1. The minimum absolute atomic E-state index is 0.186. The van der Waals surface area contributed by atoms with E-state index in [0.717, 1.165) is 20.1 Å². The number of rotatable bonds is 2. The molecule has 1 heterocycles. The third-order valence-electron chi connectivity index (χ3n) is 2.61. The first kappa shape index (κ1) is 15.2. The molecule has 2 aromatic rings. The molecule has 1 aromatic carbocycles. The van der Waals surface area contributed by atoms with Crippen molar-refractivity contribution in [1.82, 2.24) is 9.97 Å². The Morgan fingerprint density at radius 2 is 1.58 bits per heavy atom. The Kier molecular flexibility index (Phi) is 4.88. The molecule has 0 aliphatic carbocycles. The van der Waals surface area contributed by atoms with Crippen molar-refractivity contribution < 1.29 is 0 Å². The Morgan fingerprint density at radius 3 is 2.05 bits per heavy atom. The van der Waals surface area contributed by atoms with Crippen molar-refractivity contribution in [3.63, 3.8) is 0 Å². The van der Waals surface area contributed by atoms with E-state index in [1.54, 1.807) is 0 Å². The molecular weight excluding hydrogens is 415 g/mol. The van der Waals surface area contributed by atoms with Crippen molar-refractivity contribution in [3.8, 4) is 11.4 Å². The number of hydrogen-bond donors (Lipinski definition) is 0. The van der Waals surface area contributed by atoms with Gasteiger partial charge in [-0.2, -0.15) is 0 Å². The molecule has 0 aliphatic rings. The van der Waals surface area contributed by atoms with Crippen molar-refractivity contribution >= 4 is 55.1 Å². The van der Waals surface area contributed by atoms with Crippen LogP contribution in [0.4, 0.5) is 0 Å². The molecule has 0 bridgehead atoms. The van der Waals surface area contributed by atoms with Crippen LogP contribution in [0.15, 0.2) is 27.1 Å². The minimum atomic E-state index is 0.186. The summed E-state index contributed by atoms with van der Waals surface area (Å²) in [6, 6.07) is 5.74. The fraction of sp³-hybridized carbons (Fsp3) is 0.231. The monoisotopic (exact) mass is 422 g/mol. The molecule has 0 saturated heterocycles. The minimum Gasteiger partial charge on any atom is -0.216 e. The normalized spacial score (nSPS) is 11.1. The Morgan fingerprint density at radius 1 is 1.00 bits per heavy atom. The summed E-state index contributed by atoms with van der Waals surface area (Å²) < 4.78 is 1.89. The summed E-state index contributed by atoms with van der Waals surface area (Å²) in [5.74, 6) is 0.707. The van der Waals surface area contributed by atoms with E-state index in [-0.39, 0.29) is 5.92 Å². The molecule has 0 aliphatic heterocycles. The van der Waals surface area contributed by atoms with Crippen molar-refractivity contribution in [3.05, 3.63) is 43.0 Å². The SMILES string of the molecule is CC(C)c1c(Cl)nc(-c2ccc(Br)c(Br)c2)nc1Cl. The lowest BCUT2D eigenvalue weighted by Crippen LogP contribution is -1.99. The average Bonchev–Trinajstić information content (AvgIpc) is 2.31. The zero-order valence-electron chi connectivity index (χ0n) is 10.2. The first-order chi connectivity index (χ1) is 8.90. The van der Waals surface area contributed by atoms with Gasteiger partial charge in [0.2, 0.25) is 0 Å². The van der Waals surface area contributed by atoms with Gasteiger partial charge < -0.3 is 0 Å². The van der Waals surface area contributed by atoms with Gasteiger partial charge in [0, 0.05) is 20.1 Å². The smallest absolute Gasteiger partial charge is 0.162 e. The van der Waals surface area contributed by atoms with E-state index in [1.807, 2.05) is 32.0 Å². The Bertz CT molecular complexity index is 607. The number of halogens is 4. The highest BCUT2D eigenvalue weighted by Gasteiger charge is 2.15. The Balaban J connectivity index is 2.55. The van der Waals surface area contributed by atoms with Gasteiger partial charge in [-0.1, -0.05) is 37.0 Å². The molecule has 0 N–H and O–H groups in total. The van der Waals surface area contributed by atoms with Gasteiger partial charge >= 0.3 is 0 Å². The first-order valence-corrected chi connectivity index (χ1v) is 7.92. The van der Waals surface area contributed by atoms with E-state index in [9.17, 15) is 0 Å². The van der Waals surface area contributed by atoms with Crippen LogP contribution in [0.5, 0.6) is 0 Å². The number of nitrogens with zero attached hydrogens (tertiary/aromatic N) is 2. The maximum Gasteiger partial charge on any atom is 0.162 e. The number of hydrogen-bond acceptors (Lipinski definition) is 2. The second-order valence-electron chi connectivity index (χ2n) is 4.33. The Hall–Kier alpha value is -0.160. The van der Waals surface area contributed by atoms with Crippen molar-refractivity contribution in [2.45, 2.75) is 19.8 Å². The topological polar surface area (TPSA) is 25.8 Å². The summed E-state index contributed by atoms with van der Waals surface area (Å²) in [5.41, 5.74) is 1.64. The molecule has 0 amide bonds. The molecule has 100 valence electrons. The zero-order valence-corrected chi connectivity index (χ0v) is 14.9. The molecule has 0 unspecified atom stereocenters. The number of aromatic nitrogens is 2. The molecule has 1 aromatic heterocycles. The summed E-state index contributed by atoms with van der Waals surface area (Å²) in [4.78, 5) is 8.66. The van der Waals surface area contributed by atoms with Crippen molar-refractivity contribution in [2.24, 2.45) is 0 Å². The van der Waals surface area contributed by atoms with E-state index in [1.165, 1.54) is 0 Å². The summed E-state index contributed by atoms with van der Waals surface area (Å²) in [7, 11) is 0. The largest absolute Gasteiger partial charge is 0.216 e. The van der Waals surface area contributed by atoms with Crippen molar-refractivity contribution in [1.29, 1.82) is 0 Å². The molecule has 6 heteroatoms. The molecule has 19 heavy (non-hydrogen) atoms. The highest BCUT2D eigenvalue weighted by Crippen LogP contribution is 2.33. The molecule has 0 spiro atoms. The molecule has 0 saturated carbocycles. The van der Waals surface area contributed by atoms with Gasteiger partial charge in [0.1, 0.15) is 10.3 Å². The summed E-state index contributed by atoms with van der Waals surface area (Å²) >= 11 is 19.3. The van der Waals surface area contributed by atoms with Gasteiger partial charge in [0.05, 0.1) is 0 Å². The van der Waals surface area contributed by atoms with E-state index >= 15 is 0 Å². The highest BCUT2D eigenvalue weighted by atomic mass is 79.9. The zero-order chi connectivity index (χ0) is 14.2. The van der Waals surface area contributed by atoms with E-state index in [2.05, 4.69) is 41.8 Å². The van der Waals surface area contributed by atoms with Gasteiger partial charge in [0.15, 0.2) is 5.82 Å². The Labute approximate surface area is 138 Å². The molecular formula is C13H10Br2Cl2N2. The van der Waals surface area contributed by atoms with Crippen LogP contribution in [0.2, 0.25) is 10.3 Å². The fourth-order valence-corrected chi connectivity index (χ4v) is 3.11. The predicted octanol–water partition coefficient (Wildman–Crippen LogP) is 6.10. The first-order valence-electron chi connectivity index (χ1n) is 5.58. The van der Waals surface area contributed by atoms with Gasteiger partial charge in [-0.05, 0) is 56.0 Å². The maximum absolute atomic E-state index is 6.19. The molecule has 0 atom stereocenters. The van der Waals surface area contributed by atoms with E-state index < -0.39 is 0 Å². The van der Waals surface area contributed by atoms with Gasteiger partial charge in [-0.15, -0.1) is 0 Å². The van der Waals surface area contributed by atoms with Crippen LogP contribution >= 0.6 is 55.1 Å². The van der Waals surface area contributed by atoms with Crippen LogP contribution in [0.25, 0.3) is 11.4 Å². The molecule has 0 fully saturated rings. The summed E-state index contributed by atoms with van der Waals surface area (Å²) in [5, 5.41) is 0.813. The highest BCUT2D eigenvalue weighted by molar-refractivity contribution is 9.13. The van der Waals surface area contributed by atoms with Gasteiger partial charge in [-0.25, -0.2) is 9.97 Å². The van der Waals surface area contributed by atoms with Crippen LogP contribution < -0.4 is 0 Å². The summed E-state index contributed by atoms with van der Waals surface area (Å²) in [6.07, 6.45) is 0. The molecule has 0 radical (unpaired) electrons. The average molecular weight is 425 g/mol. The van der Waals surface area contributed by atoms with E-state index in [4.69, 9.17) is 23.2 Å². The lowest BCUT2D eigenvalue weighted by Gasteiger charge is -2.11.